The first kappa shape index (κ1) is 31.6. The minimum Gasteiger partial charge on any atom is -0.310 e. The van der Waals surface area contributed by atoms with Gasteiger partial charge in [0, 0.05) is 73.6 Å². The van der Waals surface area contributed by atoms with Gasteiger partial charge in [0.1, 0.15) is 0 Å². The van der Waals surface area contributed by atoms with Crippen molar-refractivity contribution in [2.75, 3.05) is 4.90 Å². The Morgan fingerprint density at radius 2 is 1.02 bits per heavy atom. The molecule has 0 atom stereocenters. The molecule has 0 radical (unpaired) electrons. The molecule has 0 aliphatic carbocycles. The highest BCUT2D eigenvalue weighted by atomic mass is 32.1. The third-order valence-corrected chi connectivity index (χ3v) is 13.7. The van der Waals surface area contributed by atoms with E-state index in [9.17, 15) is 0 Å². The zero-order valence-corrected chi connectivity index (χ0v) is 31.8. The van der Waals surface area contributed by atoms with Crippen LogP contribution in [-0.2, 0) is 0 Å². The molecule has 0 amide bonds. The van der Waals surface area contributed by atoms with Crippen molar-refractivity contribution in [1.82, 2.24) is 4.57 Å². The van der Waals surface area contributed by atoms with Crippen molar-refractivity contribution < 1.29 is 0 Å². The first-order chi connectivity index (χ1) is 27.8. The van der Waals surface area contributed by atoms with E-state index in [0.717, 1.165) is 17.1 Å². The number of hydrogen-bond acceptors (Lipinski definition) is 3. The van der Waals surface area contributed by atoms with Crippen LogP contribution in [0.3, 0.4) is 0 Å². The SMILES string of the molecule is c1ccc(-n2c3cc(-c4ccc(N(c5ccc6sc7ccccc7c6c5)c5cccc6ccccc56)cc4)ccc3c3c4sc5ccccc5c4ccc32)cc1. The van der Waals surface area contributed by atoms with E-state index in [0.29, 0.717) is 0 Å². The summed E-state index contributed by atoms with van der Waals surface area (Å²) in [5.74, 6) is 0. The number of para-hydroxylation sites is 1. The molecular weight excluding hydrogens is 717 g/mol. The van der Waals surface area contributed by atoms with Gasteiger partial charge in [-0.1, -0.05) is 121 Å². The first-order valence-electron chi connectivity index (χ1n) is 19.0. The molecule has 3 aromatic heterocycles. The van der Waals surface area contributed by atoms with Gasteiger partial charge in [-0.2, -0.15) is 0 Å². The molecule has 0 bridgehead atoms. The van der Waals surface area contributed by atoms with E-state index in [4.69, 9.17) is 0 Å². The van der Waals surface area contributed by atoms with Gasteiger partial charge in [-0.25, -0.2) is 0 Å². The highest BCUT2D eigenvalue weighted by Gasteiger charge is 2.20. The molecule has 0 unspecified atom stereocenters. The fourth-order valence-corrected chi connectivity index (χ4v) is 11.1. The normalized spacial score (nSPS) is 11.9. The molecule has 2 nitrogen and oxygen atoms in total. The molecule has 0 fully saturated rings. The van der Waals surface area contributed by atoms with Crippen molar-refractivity contribution in [1.29, 1.82) is 0 Å². The van der Waals surface area contributed by atoms with Crippen LogP contribution in [0, 0.1) is 0 Å². The minimum absolute atomic E-state index is 1.12. The maximum absolute atomic E-state index is 2.44. The van der Waals surface area contributed by atoms with Crippen LogP contribution in [0.5, 0.6) is 0 Å². The molecule has 0 saturated carbocycles. The van der Waals surface area contributed by atoms with Crippen molar-refractivity contribution in [3.05, 3.63) is 194 Å². The Labute approximate surface area is 331 Å². The zero-order valence-electron chi connectivity index (χ0n) is 30.2. The second kappa shape index (κ2) is 12.4. The van der Waals surface area contributed by atoms with E-state index in [1.54, 1.807) is 0 Å². The summed E-state index contributed by atoms with van der Waals surface area (Å²) in [7, 11) is 0. The Hall–Kier alpha value is -6.72. The molecule has 9 aromatic carbocycles. The molecule has 0 spiro atoms. The number of nitrogens with zero attached hydrogens (tertiary/aromatic N) is 2. The number of aromatic nitrogens is 1. The lowest BCUT2D eigenvalue weighted by atomic mass is 10.0. The Bertz CT molecular complexity index is 3470. The van der Waals surface area contributed by atoms with E-state index < -0.39 is 0 Å². The van der Waals surface area contributed by atoms with E-state index >= 15 is 0 Å². The second-order valence-electron chi connectivity index (χ2n) is 14.5. The fourth-order valence-electron chi connectivity index (χ4n) is 8.80. The standard InChI is InChI=1S/C52H32N2S2/c1-2-13-36(14-3-1)54-46-29-28-42-40-16-6-9-20-49(40)56-52(42)51(46)43-27-23-35(31-47(43)54)33-21-24-37(25-22-33)53(45-18-10-12-34-11-4-5-15-39(34)45)38-26-30-50-44(32-38)41-17-7-8-19-48(41)55-50/h1-32H. The van der Waals surface area contributed by atoms with Gasteiger partial charge in [0.15, 0.2) is 0 Å². The summed E-state index contributed by atoms with van der Waals surface area (Å²) in [4.78, 5) is 2.42. The van der Waals surface area contributed by atoms with Gasteiger partial charge in [0.2, 0.25) is 0 Å². The highest BCUT2D eigenvalue weighted by Crippen LogP contribution is 2.46. The summed E-state index contributed by atoms with van der Waals surface area (Å²) >= 11 is 3.76. The second-order valence-corrected chi connectivity index (χ2v) is 16.6. The third-order valence-electron chi connectivity index (χ3n) is 11.4. The lowest BCUT2D eigenvalue weighted by molar-refractivity contribution is 1.18. The number of hydrogen-bond donors (Lipinski definition) is 0. The third kappa shape index (κ3) is 4.80. The van der Waals surface area contributed by atoms with Gasteiger partial charge >= 0.3 is 0 Å². The number of benzene rings is 9. The van der Waals surface area contributed by atoms with E-state index in [1.165, 1.54) is 89.7 Å². The lowest BCUT2D eigenvalue weighted by Crippen LogP contribution is -2.10. The maximum atomic E-state index is 2.44. The molecule has 12 rings (SSSR count). The van der Waals surface area contributed by atoms with Gasteiger partial charge in [-0.15, -0.1) is 22.7 Å². The molecular formula is C52H32N2S2. The minimum atomic E-state index is 1.12. The zero-order chi connectivity index (χ0) is 36.7. The number of rotatable bonds is 5. The maximum Gasteiger partial charge on any atom is 0.0555 e. The van der Waals surface area contributed by atoms with Crippen LogP contribution in [0.25, 0.3) is 89.7 Å². The van der Waals surface area contributed by atoms with Gasteiger partial charge in [0.05, 0.1) is 16.7 Å². The molecule has 0 aliphatic rings. The van der Waals surface area contributed by atoms with Crippen molar-refractivity contribution in [3.63, 3.8) is 0 Å². The summed E-state index contributed by atoms with van der Waals surface area (Å²) in [6.45, 7) is 0. The number of fused-ring (bicyclic) bond motifs is 11. The molecule has 4 heteroatoms. The Kier molecular flexibility index (Phi) is 7.00. The predicted octanol–water partition coefficient (Wildman–Crippen LogP) is 15.8. The number of anilines is 3. The van der Waals surface area contributed by atoms with Gasteiger partial charge < -0.3 is 9.47 Å². The summed E-state index contributed by atoms with van der Waals surface area (Å²) in [5, 5.41) is 10.3. The fraction of sp³-hybridized carbons (Fsp3) is 0. The Morgan fingerprint density at radius 1 is 0.375 bits per heavy atom. The lowest BCUT2D eigenvalue weighted by Gasteiger charge is -2.27. The average molecular weight is 749 g/mol. The summed E-state index contributed by atoms with van der Waals surface area (Å²) in [5.41, 5.74) is 9.43. The van der Waals surface area contributed by atoms with Crippen LogP contribution in [0.15, 0.2) is 194 Å². The summed E-state index contributed by atoms with van der Waals surface area (Å²) in [6, 6.07) is 71.4. The van der Waals surface area contributed by atoms with Crippen molar-refractivity contribution in [3.8, 4) is 16.8 Å². The Balaban J connectivity index is 1.03. The number of thiophene rings is 2. The largest absolute Gasteiger partial charge is 0.310 e. The molecule has 0 aliphatic heterocycles. The summed E-state index contributed by atoms with van der Waals surface area (Å²) < 4.78 is 7.74. The van der Waals surface area contributed by atoms with Crippen LogP contribution in [0.2, 0.25) is 0 Å². The average Bonchev–Trinajstić information content (AvgIpc) is 3.93. The van der Waals surface area contributed by atoms with Crippen molar-refractivity contribution in [2.45, 2.75) is 0 Å². The van der Waals surface area contributed by atoms with Crippen LogP contribution in [-0.4, -0.2) is 4.57 Å². The predicted molar refractivity (Wildman–Crippen MR) is 244 cm³/mol. The molecule has 3 heterocycles. The quantitative estimate of drug-likeness (QED) is 0.170. The molecule has 12 aromatic rings. The van der Waals surface area contributed by atoms with Gasteiger partial charge in [0.25, 0.3) is 0 Å². The van der Waals surface area contributed by atoms with E-state index in [2.05, 4.69) is 204 Å². The van der Waals surface area contributed by atoms with Crippen molar-refractivity contribution >= 4 is 113 Å². The van der Waals surface area contributed by atoms with Gasteiger partial charge in [-0.3, -0.25) is 0 Å². The van der Waals surface area contributed by atoms with Gasteiger partial charge in [-0.05, 0) is 89.3 Å². The topological polar surface area (TPSA) is 8.17 Å². The highest BCUT2D eigenvalue weighted by molar-refractivity contribution is 7.27. The van der Waals surface area contributed by atoms with E-state index in [1.807, 2.05) is 22.7 Å². The Morgan fingerprint density at radius 3 is 1.86 bits per heavy atom. The van der Waals surface area contributed by atoms with E-state index in [-0.39, 0.29) is 0 Å². The molecule has 56 heavy (non-hydrogen) atoms. The molecule has 262 valence electrons. The van der Waals surface area contributed by atoms with Crippen LogP contribution in [0.1, 0.15) is 0 Å². The van der Waals surface area contributed by atoms with Crippen LogP contribution < -0.4 is 4.90 Å². The van der Waals surface area contributed by atoms with Crippen LogP contribution >= 0.6 is 22.7 Å². The van der Waals surface area contributed by atoms with Crippen molar-refractivity contribution in [2.24, 2.45) is 0 Å². The summed E-state index contributed by atoms with van der Waals surface area (Å²) in [6.07, 6.45) is 0. The smallest absolute Gasteiger partial charge is 0.0555 e. The first-order valence-corrected chi connectivity index (χ1v) is 20.6. The molecule has 0 N–H and O–H groups in total. The monoisotopic (exact) mass is 748 g/mol. The molecule has 0 saturated heterocycles. The van der Waals surface area contributed by atoms with Crippen LogP contribution in [0.4, 0.5) is 17.1 Å².